The van der Waals surface area contributed by atoms with Crippen LogP contribution in [0.15, 0.2) is 18.2 Å². The van der Waals surface area contributed by atoms with Crippen molar-refractivity contribution in [2.24, 2.45) is 5.92 Å². The summed E-state index contributed by atoms with van der Waals surface area (Å²) in [6, 6.07) is 5.77. The highest BCUT2D eigenvalue weighted by Gasteiger charge is 2.18. The molecule has 0 aliphatic carbocycles. The van der Waals surface area contributed by atoms with E-state index >= 15 is 0 Å². The molecule has 1 rings (SSSR count). The molecular weight excluding hydrogens is 240 g/mol. The van der Waals surface area contributed by atoms with Crippen molar-refractivity contribution in [3.63, 3.8) is 0 Å². The van der Waals surface area contributed by atoms with Gasteiger partial charge in [-0.05, 0) is 30.5 Å². The van der Waals surface area contributed by atoms with E-state index in [0.717, 1.165) is 11.3 Å². The van der Waals surface area contributed by atoms with Crippen LogP contribution in [0.2, 0.25) is 0 Å². The number of benzene rings is 1. The first-order valence-corrected chi connectivity index (χ1v) is 6.57. The van der Waals surface area contributed by atoms with Gasteiger partial charge in [-0.25, -0.2) is 0 Å². The number of aryl methyl sites for hydroxylation is 1. The molecule has 106 valence electrons. The Kier molecular flexibility index (Phi) is 5.83. The van der Waals surface area contributed by atoms with E-state index in [0.29, 0.717) is 18.1 Å². The Morgan fingerprint density at radius 3 is 2.58 bits per heavy atom. The number of hydrogen-bond acceptors (Lipinski definition) is 3. The van der Waals surface area contributed by atoms with Crippen molar-refractivity contribution in [3.05, 3.63) is 29.3 Å². The molecule has 19 heavy (non-hydrogen) atoms. The summed E-state index contributed by atoms with van der Waals surface area (Å²) in [5.74, 6) is 0.257. The van der Waals surface area contributed by atoms with E-state index in [1.165, 1.54) is 0 Å². The molecule has 0 aromatic heterocycles. The number of rotatable bonds is 6. The largest absolute Gasteiger partial charge is 0.387 e. The first kappa shape index (κ1) is 15.5. The lowest BCUT2D eigenvalue weighted by molar-refractivity contribution is 0.0867. The molecule has 2 N–H and O–H groups in total. The number of methoxy groups -OCH3 is 1. The smallest absolute Gasteiger partial charge is 0.253 e. The number of carbonyl (C=O) groups excluding carboxylic acids is 1. The van der Waals surface area contributed by atoms with E-state index in [4.69, 9.17) is 4.74 Å². The van der Waals surface area contributed by atoms with Crippen molar-refractivity contribution in [2.45, 2.75) is 26.8 Å². The van der Waals surface area contributed by atoms with Crippen LogP contribution in [0.3, 0.4) is 0 Å². The van der Waals surface area contributed by atoms with Crippen molar-refractivity contribution in [1.29, 1.82) is 0 Å². The predicted octanol–water partition coefficient (Wildman–Crippen LogP) is 2.44. The van der Waals surface area contributed by atoms with Crippen LogP contribution in [0.4, 0.5) is 5.69 Å². The molecule has 0 bridgehead atoms. The number of ether oxygens (including phenoxy) is 1. The van der Waals surface area contributed by atoms with Gasteiger partial charge in [-0.1, -0.05) is 19.9 Å². The molecule has 0 heterocycles. The first-order chi connectivity index (χ1) is 8.99. The van der Waals surface area contributed by atoms with Crippen molar-refractivity contribution in [3.8, 4) is 0 Å². The van der Waals surface area contributed by atoms with Crippen molar-refractivity contribution in [1.82, 2.24) is 5.32 Å². The second-order valence-electron chi connectivity index (χ2n) is 5.08. The Bertz CT molecular complexity index is 430. The molecule has 1 atom stereocenters. The van der Waals surface area contributed by atoms with Gasteiger partial charge >= 0.3 is 0 Å². The standard InChI is InChI=1S/C15H24N2O2/c1-10(2)14(9-19-5)17-15(18)12-7-6-11(3)8-13(12)16-4/h6-8,10,14,16H,9H2,1-5H3,(H,17,18). The average molecular weight is 264 g/mol. The van der Waals surface area contributed by atoms with Gasteiger partial charge in [0.2, 0.25) is 0 Å². The van der Waals surface area contributed by atoms with Crippen LogP contribution in [-0.2, 0) is 4.74 Å². The van der Waals surface area contributed by atoms with Crippen molar-refractivity contribution < 1.29 is 9.53 Å². The highest BCUT2D eigenvalue weighted by atomic mass is 16.5. The molecule has 4 nitrogen and oxygen atoms in total. The molecule has 0 saturated carbocycles. The summed E-state index contributed by atoms with van der Waals surface area (Å²) < 4.78 is 5.15. The second kappa shape index (κ2) is 7.14. The zero-order valence-electron chi connectivity index (χ0n) is 12.4. The van der Waals surface area contributed by atoms with Crippen LogP contribution >= 0.6 is 0 Å². The molecule has 0 saturated heterocycles. The SMILES string of the molecule is CNc1cc(C)ccc1C(=O)NC(COC)C(C)C. The van der Waals surface area contributed by atoms with Gasteiger partial charge in [0.05, 0.1) is 18.2 Å². The molecule has 4 heteroatoms. The summed E-state index contributed by atoms with van der Waals surface area (Å²) in [6.45, 7) is 6.66. The fraction of sp³-hybridized carbons (Fsp3) is 0.533. The molecule has 1 aromatic carbocycles. The summed E-state index contributed by atoms with van der Waals surface area (Å²) in [5.41, 5.74) is 2.63. The Morgan fingerprint density at radius 2 is 2.05 bits per heavy atom. The van der Waals surface area contributed by atoms with E-state index < -0.39 is 0 Å². The molecule has 0 aliphatic rings. The van der Waals surface area contributed by atoms with E-state index in [1.54, 1.807) is 7.11 Å². The van der Waals surface area contributed by atoms with Crippen LogP contribution in [0.5, 0.6) is 0 Å². The van der Waals surface area contributed by atoms with Crippen LogP contribution in [0.1, 0.15) is 29.8 Å². The summed E-state index contributed by atoms with van der Waals surface area (Å²) in [4.78, 5) is 12.3. The van der Waals surface area contributed by atoms with Crippen molar-refractivity contribution >= 4 is 11.6 Å². The lowest BCUT2D eigenvalue weighted by Crippen LogP contribution is -2.41. The minimum atomic E-state index is -0.0694. The van der Waals surface area contributed by atoms with Crippen LogP contribution in [0, 0.1) is 12.8 Å². The summed E-state index contributed by atoms with van der Waals surface area (Å²) in [6.07, 6.45) is 0. The van der Waals surface area contributed by atoms with Gasteiger partial charge in [0, 0.05) is 19.8 Å². The Balaban J connectivity index is 2.88. The zero-order valence-corrected chi connectivity index (χ0v) is 12.4. The van der Waals surface area contributed by atoms with Gasteiger partial charge in [0.15, 0.2) is 0 Å². The third-order valence-corrected chi connectivity index (χ3v) is 3.16. The lowest BCUT2D eigenvalue weighted by Gasteiger charge is -2.22. The maximum atomic E-state index is 12.3. The second-order valence-corrected chi connectivity index (χ2v) is 5.08. The Hall–Kier alpha value is -1.55. The fourth-order valence-corrected chi connectivity index (χ4v) is 1.89. The van der Waals surface area contributed by atoms with E-state index in [-0.39, 0.29) is 11.9 Å². The van der Waals surface area contributed by atoms with Crippen molar-refractivity contribution in [2.75, 3.05) is 26.1 Å². The normalized spacial score (nSPS) is 12.3. The third kappa shape index (κ3) is 4.24. The maximum absolute atomic E-state index is 12.3. The zero-order chi connectivity index (χ0) is 14.4. The van der Waals surface area contributed by atoms with E-state index in [2.05, 4.69) is 24.5 Å². The maximum Gasteiger partial charge on any atom is 0.253 e. The van der Waals surface area contributed by atoms with Crippen LogP contribution in [0.25, 0.3) is 0 Å². The molecule has 1 unspecified atom stereocenters. The Labute approximate surface area is 115 Å². The van der Waals surface area contributed by atoms with Gasteiger partial charge in [-0.3, -0.25) is 4.79 Å². The first-order valence-electron chi connectivity index (χ1n) is 6.57. The lowest BCUT2D eigenvalue weighted by atomic mass is 10.0. The van der Waals surface area contributed by atoms with Gasteiger partial charge in [0.25, 0.3) is 5.91 Å². The van der Waals surface area contributed by atoms with Crippen LogP contribution < -0.4 is 10.6 Å². The Morgan fingerprint density at radius 1 is 1.37 bits per heavy atom. The molecule has 0 spiro atoms. The van der Waals surface area contributed by atoms with Gasteiger partial charge in [-0.15, -0.1) is 0 Å². The fourth-order valence-electron chi connectivity index (χ4n) is 1.89. The third-order valence-electron chi connectivity index (χ3n) is 3.16. The average Bonchev–Trinajstić information content (AvgIpc) is 2.37. The molecule has 1 amide bonds. The number of anilines is 1. The minimum Gasteiger partial charge on any atom is -0.387 e. The predicted molar refractivity (Wildman–Crippen MR) is 78.7 cm³/mol. The summed E-state index contributed by atoms with van der Waals surface area (Å²) in [5, 5.41) is 6.08. The molecule has 0 fully saturated rings. The molecule has 1 aromatic rings. The van der Waals surface area contributed by atoms with E-state index in [9.17, 15) is 4.79 Å². The number of amides is 1. The molecular formula is C15H24N2O2. The van der Waals surface area contributed by atoms with Crippen LogP contribution in [-0.4, -0.2) is 32.7 Å². The van der Waals surface area contributed by atoms with E-state index in [1.807, 2.05) is 32.2 Å². The quantitative estimate of drug-likeness (QED) is 0.829. The van der Waals surface area contributed by atoms with Gasteiger partial charge in [0.1, 0.15) is 0 Å². The molecule has 0 radical (unpaired) electrons. The number of nitrogens with one attached hydrogen (secondary N) is 2. The summed E-state index contributed by atoms with van der Waals surface area (Å²) >= 11 is 0. The summed E-state index contributed by atoms with van der Waals surface area (Å²) in [7, 11) is 3.47. The number of carbonyl (C=O) groups is 1. The highest BCUT2D eigenvalue weighted by Crippen LogP contribution is 2.17. The monoisotopic (exact) mass is 264 g/mol. The topological polar surface area (TPSA) is 50.4 Å². The van der Waals surface area contributed by atoms with Gasteiger partial charge in [-0.2, -0.15) is 0 Å². The number of hydrogen-bond donors (Lipinski definition) is 2. The molecule has 0 aliphatic heterocycles. The minimum absolute atomic E-state index is 0.0171. The van der Waals surface area contributed by atoms with Gasteiger partial charge < -0.3 is 15.4 Å². The highest BCUT2D eigenvalue weighted by molar-refractivity contribution is 5.99.